The molecule has 0 bridgehead atoms. The molecular weight excluding hydrogens is 343 g/mol. The average molecular weight is 355 g/mol. The molecule has 1 N–H and O–H groups in total. The van der Waals surface area contributed by atoms with Gasteiger partial charge in [-0.3, -0.25) is 4.79 Å². The highest BCUT2D eigenvalue weighted by Crippen LogP contribution is 2.23. The average Bonchev–Trinajstić information content (AvgIpc) is 2.24. The minimum absolute atomic E-state index is 0.278. The van der Waals surface area contributed by atoms with Gasteiger partial charge < -0.3 is 10.1 Å². The number of carbonyl (C=O) groups is 1. The molecule has 1 amide bonds. The molecule has 1 aromatic carbocycles. The predicted molar refractivity (Wildman–Crippen MR) is 68.7 cm³/mol. The Kier molecular flexibility index (Phi) is 4.67. The summed E-state index contributed by atoms with van der Waals surface area (Å²) >= 11 is 1.96. The Balaban J connectivity index is 2.89. The van der Waals surface area contributed by atoms with E-state index in [0.717, 1.165) is 6.92 Å². The number of carbonyl (C=O) groups excluding carboxylic acids is 1. The van der Waals surface area contributed by atoms with Gasteiger partial charge in [0.2, 0.25) is 0 Å². The second kappa shape index (κ2) is 5.61. The zero-order valence-corrected chi connectivity index (χ0v) is 11.5. The van der Waals surface area contributed by atoms with E-state index in [-0.39, 0.29) is 5.56 Å². The van der Waals surface area contributed by atoms with Crippen LogP contribution >= 0.6 is 22.6 Å². The maximum Gasteiger partial charge on any atom is 0.262 e. The van der Waals surface area contributed by atoms with Crippen LogP contribution in [0.15, 0.2) is 18.2 Å². The number of rotatable bonds is 4. The van der Waals surface area contributed by atoms with E-state index in [4.69, 9.17) is 4.74 Å². The molecule has 0 fully saturated rings. The highest BCUT2D eigenvalue weighted by molar-refractivity contribution is 14.1. The minimum Gasteiger partial charge on any atom is -0.496 e. The smallest absolute Gasteiger partial charge is 0.262 e. The van der Waals surface area contributed by atoms with Crippen molar-refractivity contribution in [1.82, 2.24) is 5.32 Å². The van der Waals surface area contributed by atoms with E-state index in [1.807, 2.05) is 22.6 Å². The number of benzene rings is 1. The summed E-state index contributed by atoms with van der Waals surface area (Å²) in [6.45, 7) is 0.0560. The number of hydrogen-bond donors (Lipinski definition) is 1. The van der Waals surface area contributed by atoms with Crippen molar-refractivity contribution in [2.75, 3.05) is 13.7 Å². The van der Waals surface area contributed by atoms with Gasteiger partial charge in [0.1, 0.15) is 5.75 Å². The van der Waals surface area contributed by atoms with E-state index < -0.39 is 18.4 Å². The Morgan fingerprint density at radius 1 is 1.53 bits per heavy atom. The van der Waals surface area contributed by atoms with E-state index in [1.165, 1.54) is 7.11 Å². The number of nitrogens with one attached hydrogen (secondary N) is 1. The van der Waals surface area contributed by atoms with E-state index in [2.05, 4.69) is 5.32 Å². The molecule has 0 aliphatic rings. The Morgan fingerprint density at radius 3 is 2.71 bits per heavy atom. The van der Waals surface area contributed by atoms with Crippen LogP contribution < -0.4 is 10.1 Å². The lowest BCUT2D eigenvalue weighted by Crippen LogP contribution is -2.35. The van der Waals surface area contributed by atoms with Crippen molar-refractivity contribution in [2.45, 2.75) is 12.8 Å². The molecule has 0 atom stereocenters. The molecule has 0 saturated heterocycles. The van der Waals surface area contributed by atoms with Crippen LogP contribution in [0.3, 0.4) is 0 Å². The molecule has 17 heavy (non-hydrogen) atoms. The van der Waals surface area contributed by atoms with Crippen LogP contribution in [0.2, 0.25) is 0 Å². The molecule has 0 spiro atoms. The zero-order valence-electron chi connectivity index (χ0n) is 9.39. The molecule has 6 heteroatoms. The fraction of sp³-hybridized carbons (Fsp3) is 0.364. The zero-order chi connectivity index (χ0) is 13.1. The van der Waals surface area contributed by atoms with Crippen molar-refractivity contribution < 1.29 is 18.3 Å². The maximum absolute atomic E-state index is 12.6. The monoisotopic (exact) mass is 355 g/mol. The Morgan fingerprint density at radius 2 is 2.18 bits per heavy atom. The molecule has 0 heterocycles. The van der Waals surface area contributed by atoms with Crippen LogP contribution in [-0.2, 0) is 0 Å². The van der Waals surface area contributed by atoms with E-state index >= 15 is 0 Å². The summed E-state index contributed by atoms with van der Waals surface area (Å²) in [5.41, 5.74) is 0.278. The van der Waals surface area contributed by atoms with Crippen LogP contribution in [-0.4, -0.2) is 25.5 Å². The molecule has 0 saturated carbocycles. The van der Waals surface area contributed by atoms with Gasteiger partial charge >= 0.3 is 0 Å². The number of methoxy groups -OCH3 is 1. The van der Waals surface area contributed by atoms with Crippen molar-refractivity contribution in [3.8, 4) is 5.75 Å². The molecule has 94 valence electrons. The second-order valence-corrected chi connectivity index (χ2v) is 4.73. The van der Waals surface area contributed by atoms with E-state index in [9.17, 15) is 13.6 Å². The van der Waals surface area contributed by atoms with Gasteiger partial charge in [0.05, 0.1) is 19.2 Å². The number of hydrogen-bond acceptors (Lipinski definition) is 2. The first-order valence-corrected chi connectivity index (χ1v) is 5.91. The van der Waals surface area contributed by atoms with Gasteiger partial charge in [-0.05, 0) is 34.7 Å². The standard InChI is InChI=1S/C11H12F2INO2/c1-11(12,13)6-15-10(16)9-7(14)4-3-5-8(9)17-2/h3-5H,6H2,1-2H3,(H,15,16). The first kappa shape index (κ1) is 14.1. The number of halogens is 3. The third kappa shape index (κ3) is 4.10. The van der Waals surface area contributed by atoms with Crippen molar-refractivity contribution >= 4 is 28.5 Å². The van der Waals surface area contributed by atoms with Crippen LogP contribution in [0.4, 0.5) is 8.78 Å². The third-order valence-electron chi connectivity index (χ3n) is 1.98. The quantitative estimate of drug-likeness (QED) is 0.844. The van der Waals surface area contributed by atoms with Crippen LogP contribution in [0, 0.1) is 3.57 Å². The van der Waals surface area contributed by atoms with E-state index in [0.29, 0.717) is 9.32 Å². The third-order valence-corrected chi connectivity index (χ3v) is 2.88. The van der Waals surface area contributed by atoms with Gasteiger partial charge in [-0.1, -0.05) is 6.07 Å². The van der Waals surface area contributed by atoms with E-state index in [1.54, 1.807) is 18.2 Å². The topological polar surface area (TPSA) is 38.3 Å². The van der Waals surface area contributed by atoms with Crippen molar-refractivity contribution in [2.24, 2.45) is 0 Å². The summed E-state index contributed by atoms with van der Waals surface area (Å²) in [6.07, 6.45) is 0. The summed E-state index contributed by atoms with van der Waals surface area (Å²) in [5, 5.41) is 2.18. The lowest BCUT2D eigenvalue weighted by Gasteiger charge is -2.14. The maximum atomic E-state index is 12.6. The number of amides is 1. The Labute approximate surface area is 112 Å². The molecule has 3 nitrogen and oxygen atoms in total. The normalized spacial score (nSPS) is 11.1. The minimum atomic E-state index is -2.93. The highest BCUT2D eigenvalue weighted by Gasteiger charge is 2.24. The molecule has 1 rings (SSSR count). The largest absolute Gasteiger partial charge is 0.496 e. The van der Waals surface area contributed by atoms with Gasteiger partial charge in [0.15, 0.2) is 0 Å². The Hall–Kier alpha value is -0.920. The summed E-state index contributed by atoms with van der Waals surface area (Å²) in [5.74, 6) is -3.12. The molecule has 1 aromatic rings. The number of alkyl halides is 2. The summed E-state index contributed by atoms with van der Waals surface area (Å²) < 4.78 is 30.9. The predicted octanol–water partition coefficient (Wildman–Crippen LogP) is 2.68. The summed E-state index contributed by atoms with van der Waals surface area (Å²) in [4.78, 5) is 11.8. The van der Waals surface area contributed by atoms with Gasteiger partial charge in [-0.25, -0.2) is 8.78 Å². The summed E-state index contributed by atoms with van der Waals surface area (Å²) in [6, 6.07) is 5.05. The van der Waals surface area contributed by atoms with Crippen LogP contribution in [0.1, 0.15) is 17.3 Å². The van der Waals surface area contributed by atoms with Crippen molar-refractivity contribution in [3.05, 3.63) is 27.3 Å². The molecule has 0 radical (unpaired) electrons. The first-order chi connectivity index (χ1) is 7.85. The molecule has 0 aromatic heterocycles. The molecule has 0 unspecified atom stereocenters. The molecular formula is C11H12F2INO2. The van der Waals surface area contributed by atoms with Crippen LogP contribution in [0.5, 0.6) is 5.75 Å². The lowest BCUT2D eigenvalue weighted by molar-refractivity contribution is 0.0220. The van der Waals surface area contributed by atoms with Gasteiger partial charge in [0, 0.05) is 10.5 Å². The van der Waals surface area contributed by atoms with Gasteiger partial charge in [-0.15, -0.1) is 0 Å². The number of ether oxygens (including phenoxy) is 1. The fourth-order valence-corrected chi connectivity index (χ4v) is 1.94. The fourth-order valence-electron chi connectivity index (χ4n) is 1.22. The second-order valence-electron chi connectivity index (χ2n) is 3.57. The van der Waals surface area contributed by atoms with Crippen LogP contribution in [0.25, 0.3) is 0 Å². The lowest BCUT2D eigenvalue weighted by atomic mass is 10.2. The van der Waals surface area contributed by atoms with Gasteiger partial charge in [0.25, 0.3) is 11.8 Å². The van der Waals surface area contributed by atoms with Crippen molar-refractivity contribution in [3.63, 3.8) is 0 Å². The molecule has 0 aliphatic carbocycles. The van der Waals surface area contributed by atoms with Gasteiger partial charge in [-0.2, -0.15) is 0 Å². The molecule has 0 aliphatic heterocycles. The SMILES string of the molecule is COc1cccc(I)c1C(=O)NCC(C)(F)F. The highest BCUT2D eigenvalue weighted by atomic mass is 127. The summed E-state index contributed by atoms with van der Waals surface area (Å²) in [7, 11) is 1.43. The van der Waals surface area contributed by atoms with Crippen molar-refractivity contribution in [1.29, 1.82) is 0 Å². The Bertz CT molecular complexity index is 418. The first-order valence-electron chi connectivity index (χ1n) is 4.83.